The zero-order valence-corrected chi connectivity index (χ0v) is 10.4. The number of nitrogens with zero attached hydrogens (tertiary/aromatic N) is 2. The summed E-state index contributed by atoms with van der Waals surface area (Å²) in [6.07, 6.45) is 4.81. The van der Waals surface area contributed by atoms with Crippen molar-refractivity contribution in [3.63, 3.8) is 0 Å². The Morgan fingerprint density at radius 1 is 1.53 bits per heavy atom. The lowest BCUT2D eigenvalue weighted by atomic mass is 10.1. The van der Waals surface area contributed by atoms with Crippen LogP contribution in [0, 0.1) is 5.92 Å². The molecule has 0 spiro atoms. The van der Waals surface area contributed by atoms with Gasteiger partial charge in [-0.25, -0.2) is 0 Å². The Morgan fingerprint density at radius 3 is 3.12 bits per heavy atom. The predicted octanol–water partition coefficient (Wildman–Crippen LogP) is 1.32. The second-order valence-corrected chi connectivity index (χ2v) is 4.91. The van der Waals surface area contributed by atoms with Crippen LogP contribution in [0.2, 0.25) is 0 Å². The van der Waals surface area contributed by atoms with E-state index in [1.54, 1.807) is 0 Å². The van der Waals surface area contributed by atoms with Gasteiger partial charge in [0.05, 0.1) is 0 Å². The first-order chi connectivity index (χ1) is 8.24. The molecule has 0 radical (unpaired) electrons. The van der Waals surface area contributed by atoms with E-state index in [1.807, 2.05) is 6.92 Å². The maximum absolute atomic E-state index is 5.69. The molecule has 2 heterocycles. The standard InChI is InChI=1S/C12H21N3O2/c1-9(13)3-2-4-12-14-11(15-17-12)7-10-5-6-16-8-10/h9-10H,2-8,13H2,1H3. The molecule has 17 heavy (non-hydrogen) atoms. The predicted molar refractivity (Wildman–Crippen MR) is 63.5 cm³/mol. The smallest absolute Gasteiger partial charge is 0.226 e. The van der Waals surface area contributed by atoms with E-state index in [4.69, 9.17) is 15.0 Å². The van der Waals surface area contributed by atoms with Gasteiger partial charge >= 0.3 is 0 Å². The molecule has 1 saturated heterocycles. The highest BCUT2D eigenvalue weighted by Gasteiger charge is 2.18. The van der Waals surface area contributed by atoms with Crippen LogP contribution in [0.1, 0.15) is 37.9 Å². The number of ether oxygens (including phenoxy) is 1. The van der Waals surface area contributed by atoms with Crippen LogP contribution >= 0.6 is 0 Å². The van der Waals surface area contributed by atoms with E-state index < -0.39 is 0 Å². The minimum Gasteiger partial charge on any atom is -0.381 e. The summed E-state index contributed by atoms with van der Waals surface area (Å²) in [5.74, 6) is 2.11. The Balaban J connectivity index is 1.75. The van der Waals surface area contributed by atoms with Gasteiger partial charge in [0, 0.05) is 32.1 Å². The van der Waals surface area contributed by atoms with Crippen LogP contribution in [-0.4, -0.2) is 29.4 Å². The third kappa shape index (κ3) is 4.09. The molecule has 1 aliphatic heterocycles. The molecule has 0 amide bonds. The van der Waals surface area contributed by atoms with Gasteiger partial charge in [0.1, 0.15) is 0 Å². The van der Waals surface area contributed by atoms with Gasteiger partial charge in [-0.15, -0.1) is 0 Å². The van der Waals surface area contributed by atoms with Gasteiger partial charge in [0.2, 0.25) is 5.89 Å². The molecule has 0 aromatic carbocycles. The van der Waals surface area contributed by atoms with Crippen molar-refractivity contribution in [3.05, 3.63) is 11.7 Å². The molecule has 1 aliphatic rings. The van der Waals surface area contributed by atoms with E-state index in [0.717, 1.165) is 57.0 Å². The fraction of sp³-hybridized carbons (Fsp3) is 0.833. The lowest BCUT2D eigenvalue weighted by molar-refractivity contribution is 0.185. The highest BCUT2D eigenvalue weighted by Crippen LogP contribution is 2.16. The molecule has 1 aromatic rings. The van der Waals surface area contributed by atoms with Crippen LogP contribution < -0.4 is 5.73 Å². The largest absolute Gasteiger partial charge is 0.381 e. The lowest BCUT2D eigenvalue weighted by Gasteiger charge is -2.01. The molecule has 0 saturated carbocycles. The number of aromatic nitrogens is 2. The summed E-state index contributed by atoms with van der Waals surface area (Å²) in [6, 6.07) is 0.244. The zero-order chi connectivity index (χ0) is 12.1. The molecule has 0 bridgehead atoms. The molecule has 1 fully saturated rings. The second kappa shape index (κ2) is 6.12. The average molecular weight is 239 g/mol. The van der Waals surface area contributed by atoms with Gasteiger partial charge in [0.25, 0.3) is 0 Å². The Labute approximate surface area is 102 Å². The highest BCUT2D eigenvalue weighted by atomic mass is 16.5. The first-order valence-electron chi connectivity index (χ1n) is 6.39. The summed E-state index contributed by atoms with van der Waals surface area (Å²) in [6.45, 7) is 3.71. The Morgan fingerprint density at radius 2 is 2.41 bits per heavy atom. The van der Waals surface area contributed by atoms with E-state index in [2.05, 4.69) is 10.1 Å². The Kier molecular flexibility index (Phi) is 4.50. The monoisotopic (exact) mass is 239 g/mol. The number of rotatable bonds is 6. The quantitative estimate of drug-likeness (QED) is 0.810. The van der Waals surface area contributed by atoms with E-state index >= 15 is 0 Å². The zero-order valence-electron chi connectivity index (χ0n) is 10.4. The molecule has 2 unspecified atom stereocenters. The molecular formula is C12H21N3O2. The molecule has 2 rings (SSSR count). The highest BCUT2D eigenvalue weighted by molar-refractivity contribution is 4.89. The number of hydrogen-bond donors (Lipinski definition) is 1. The topological polar surface area (TPSA) is 74.2 Å². The minimum absolute atomic E-state index is 0.244. The molecule has 5 nitrogen and oxygen atoms in total. The fourth-order valence-electron chi connectivity index (χ4n) is 2.05. The summed E-state index contributed by atoms with van der Waals surface area (Å²) in [4.78, 5) is 4.40. The molecule has 5 heteroatoms. The molecular weight excluding hydrogens is 218 g/mol. The van der Waals surface area contributed by atoms with Crippen molar-refractivity contribution in [3.8, 4) is 0 Å². The number of hydrogen-bond acceptors (Lipinski definition) is 5. The van der Waals surface area contributed by atoms with Crippen LogP contribution in [0.25, 0.3) is 0 Å². The SMILES string of the molecule is CC(N)CCCc1nc(CC2CCOC2)no1. The van der Waals surface area contributed by atoms with Crippen LogP contribution in [-0.2, 0) is 17.6 Å². The first kappa shape index (κ1) is 12.5. The van der Waals surface area contributed by atoms with Gasteiger partial charge in [-0.2, -0.15) is 4.98 Å². The van der Waals surface area contributed by atoms with Gasteiger partial charge in [-0.1, -0.05) is 5.16 Å². The van der Waals surface area contributed by atoms with Crippen molar-refractivity contribution in [1.29, 1.82) is 0 Å². The third-order valence-electron chi connectivity index (χ3n) is 3.06. The molecule has 2 atom stereocenters. The van der Waals surface area contributed by atoms with Crippen LogP contribution in [0.15, 0.2) is 4.52 Å². The summed E-state index contributed by atoms with van der Waals surface area (Å²) in [5, 5.41) is 4.00. The summed E-state index contributed by atoms with van der Waals surface area (Å²) >= 11 is 0. The Bertz CT molecular complexity index is 332. The van der Waals surface area contributed by atoms with Crippen LogP contribution in [0.3, 0.4) is 0 Å². The van der Waals surface area contributed by atoms with Gasteiger partial charge in [-0.05, 0) is 32.1 Å². The van der Waals surface area contributed by atoms with Crippen molar-refractivity contribution >= 4 is 0 Å². The van der Waals surface area contributed by atoms with Crippen molar-refractivity contribution in [1.82, 2.24) is 10.1 Å². The number of nitrogens with two attached hydrogens (primary N) is 1. The summed E-state index contributed by atoms with van der Waals surface area (Å²) in [5.41, 5.74) is 5.69. The average Bonchev–Trinajstić information content (AvgIpc) is 2.90. The van der Waals surface area contributed by atoms with E-state index in [-0.39, 0.29) is 6.04 Å². The van der Waals surface area contributed by atoms with Gasteiger partial charge in [-0.3, -0.25) is 0 Å². The fourth-order valence-corrected chi connectivity index (χ4v) is 2.05. The van der Waals surface area contributed by atoms with Crippen molar-refractivity contribution in [2.75, 3.05) is 13.2 Å². The second-order valence-electron chi connectivity index (χ2n) is 4.91. The van der Waals surface area contributed by atoms with E-state index in [1.165, 1.54) is 0 Å². The minimum atomic E-state index is 0.244. The van der Waals surface area contributed by atoms with Crippen LogP contribution in [0.4, 0.5) is 0 Å². The van der Waals surface area contributed by atoms with Crippen LogP contribution in [0.5, 0.6) is 0 Å². The number of aryl methyl sites for hydroxylation is 1. The Hall–Kier alpha value is -0.940. The molecule has 96 valence electrons. The third-order valence-corrected chi connectivity index (χ3v) is 3.06. The van der Waals surface area contributed by atoms with Gasteiger partial charge in [0.15, 0.2) is 5.82 Å². The van der Waals surface area contributed by atoms with Crippen molar-refractivity contribution in [2.24, 2.45) is 11.7 Å². The molecule has 2 N–H and O–H groups in total. The summed E-state index contributed by atoms with van der Waals surface area (Å²) < 4.78 is 10.5. The van der Waals surface area contributed by atoms with Crippen molar-refractivity contribution < 1.29 is 9.26 Å². The maximum Gasteiger partial charge on any atom is 0.226 e. The molecule has 1 aromatic heterocycles. The van der Waals surface area contributed by atoms with E-state index in [9.17, 15) is 0 Å². The van der Waals surface area contributed by atoms with Crippen molar-refractivity contribution in [2.45, 2.75) is 45.1 Å². The van der Waals surface area contributed by atoms with E-state index in [0.29, 0.717) is 5.92 Å². The van der Waals surface area contributed by atoms with Gasteiger partial charge < -0.3 is 15.0 Å². The summed E-state index contributed by atoms with van der Waals surface area (Å²) in [7, 11) is 0. The maximum atomic E-state index is 5.69. The molecule has 0 aliphatic carbocycles. The first-order valence-corrected chi connectivity index (χ1v) is 6.39. The normalized spacial score (nSPS) is 21.9. The lowest BCUT2D eigenvalue weighted by Crippen LogP contribution is -2.14.